The number of aryl methyl sites for hydroxylation is 1. The second-order valence-electron chi connectivity index (χ2n) is 6.52. The molecule has 7 nitrogen and oxygen atoms in total. The number of thiophene rings is 1. The van der Waals surface area contributed by atoms with E-state index in [1.807, 2.05) is 13.8 Å². The Morgan fingerprint density at radius 1 is 1.32 bits per heavy atom. The fraction of sp³-hybridized carbons (Fsp3) is 0.300. The summed E-state index contributed by atoms with van der Waals surface area (Å²) in [5.74, 6) is -0.828. The Hall–Kier alpha value is -3.00. The van der Waals surface area contributed by atoms with Gasteiger partial charge >= 0.3 is 5.97 Å². The molecule has 0 fully saturated rings. The summed E-state index contributed by atoms with van der Waals surface area (Å²) in [7, 11) is 0. The van der Waals surface area contributed by atoms with Gasteiger partial charge in [-0.3, -0.25) is 14.2 Å². The van der Waals surface area contributed by atoms with E-state index in [9.17, 15) is 14.4 Å². The van der Waals surface area contributed by atoms with Crippen molar-refractivity contribution < 1.29 is 14.3 Å². The maximum Gasteiger partial charge on any atom is 0.338 e. The van der Waals surface area contributed by atoms with Crippen molar-refractivity contribution in [3.63, 3.8) is 0 Å². The van der Waals surface area contributed by atoms with E-state index in [4.69, 9.17) is 4.74 Å². The van der Waals surface area contributed by atoms with Gasteiger partial charge in [0.05, 0.1) is 24.1 Å². The van der Waals surface area contributed by atoms with E-state index in [0.717, 1.165) is 0 Å². The number of hydrogen-bond acceptors (Lipinski definition) is 6. The predicted molar refractivity (Wildman–Crippen MR) is 109 cm³/mol. The number of nitrogens with one attached hydrogen (secondary N) is 1. The summed E-state index contributed by atoms with van der Waals surface area (Å²) in [6.45, 7) is 7.60. The highest BCUT2D eigenvalue weighted by Gasteiger charge is 2.21. The monoisotopic (exact) mass is 399 g/mol. The molecule has 28 heavy (non-hydrogen) atoms. The molecule has 0 saturated carbocycles. The van der Waals surface area contributed by atoms with E-state index in [-0.39, 0.29) is 24.1 Å². The first kappa shape index (κ1) is 19.8. The van der Waals surface area contributed by atoms with Crippen molar-refractivity contribution in [2.24, 2.45) is 0 Å². The van der Waals surface area contributed by atoms with Gasteiger partial charge in [-0.05, 0) is 45.9 Å². The number of amides is 1. The average molecular weight is 399 g/mol. The highest BCUT2D eigenvalue weighted by atomic mass is 32.1. The third-order valence-corrected chi connectivity index (χ3v) is 5.30. The molecular formula is C20H21N3O4S. The first-order valence-electron chi connectivity index (χ1n) is 8.92. The number of carbonyl (C=O) groups is 2. The lowest BCUT2D eigenvalue weighted by molar-refractivity contribution is 0.0526. The summed E-state index contributed by atoms with van der Waals surface area (Å²) >= 11 is 1.26. The lowest BCUT2D eigenvalue weighted by atomic mass is 10.1. The molecule has 2 heterocycles. The topological polar surface area (TPSA) is 90.3 Å². The smallest absolute Gasteiger partial charge is 0.338 e. The van der Waals surface area contributed by atoms with E-state index in [1.54, 1.807) is 42.7 Å². The van der Waals surface area contributed by atoms with Gasteiger partial charge in [0.1, 0.15) is 10.2 Å². The molecule has 146 valence electrons. The minimum Gasteiger partial charge on any atom is -0.462 e. The zero-order valence-electron chi connectivity index (χ0n) is 16.1. The zero-order valence-corrected chi connectivity index (χ0v) is 16.9. The lowest BCUT2D eigenvalue weighted by Gasteiger charge is -2.09. The Balaban J connectivity index is 1.96. The second-order valence-corrected chi connectivity index (χ2v) is 7.74. The summed E-state index contributed by atoms with van der Waals surface area (Å²) in [5, 5.41) is 2.78. The minimum atomic E-state index is -0.452. The molecule has 1 aromatic carbocycles. The molecule has 0 unspecified atom stereocenters. The maximum atomic E-state index is 12.9. The van der Waals surface area contributed by atoms with Crippen LogP contribution in [0.5, 0.6) is 0 Å². The van der Waals surface area contributed by atoms with Gasteiger partial charge in [-0.2, -0.15) is 0 Å². The second kappa shape index (κ2) is 7.93. The summed E-state index contributed by atoms with van der Waals surface area (Å²) < 4.78 is 6.99. The van der Waals surface area contributed by atoms with Crippen LogP contribution in [0.1, 0.15) is 52.4 Å². The van der Waals surface area contributed by atoms with Crippen molar-refractivity contribution in [1.82, 2.24) is 9.55 Å². The zero-order chi connectivity index (χ0) is 20.4. The molecule has 0 aliphatic rings. The largest absolute Gasteiger partial charge is 0.462 e. The molecule has 0 aliphatic heterocycles. The van der Waals surface area contributed by atoms with Crippen molar-refractivity contribution >= 4 is 39.1 Å². The van der Waals surface area contributed by atoms with Crippen molar-refractivity contribution in [2.75, 3.05) is 11.9 Å². The van der Waals surface area contributed by atoms with E-state index in [2.05, 4.69) is 10.3 Å². The molecule has 0 saturated heterocycles. The highest BCUT2D eigenvalue weighted by molar-refractivity contribution is 7.19. The van der Waals surface area contributed by atoms with Gasteiger partial charge < -0.3 is 10.1 Å². The predicted octanol–water partition coefficient (Wildman–Crippen LogP) is 3.78. The third kappa shape index (κ3) is 3.68. The van der Waals surface area contributed by atoms with E-state index in [0.29, 0.717) is 31.9 Å². The van der Waals surface area contributed by atoms with Crippen molar-refractivity contribution in [3.05, 3.63) is 57.0 Å². The number of aromatic nitrogens is 2. The minimum absolute atomic E-state index is 0.0188. The van der Waals surface area contributed by atoms with Gasteiger partial charge in [-0.15, -0.1) is 11.3 Å². The Bertz CT molecular complexity index is 1110. The SMILES string of the molecule is CCOC(=O)c1cccc(NC(=O)c2c(C)sc3c(=O)n(C(C)C)cnc23)c1. The fourth-order valence-electron chi connectivity index (χ4n) is 2.86. The first-order chi connectivity index (χ1) is 13.3. The Kier molecular flexibility index (Phi) is 5.60. The van der Waals surface area contributed by atoms with E-state index >= 15 is 0 Å². The summed E-state index contributed by atoms with van der Waals surface area (Å²) in [6.07, 6.45) is 1.47. The molecule has 0 aliphatic carbocycles. The Morgan fingerprint density at radius 3 is 2.75 bits per heavy atom. The van der Waals surface area contributed by atoms with E-state index < -0.39 is 5.97 Å². The number of hydrogen-bond donors (Lipinski definition) is 1. The van der Waals surface area contributed by atoms with Gasteiger partial charge in [-0.25, -0.2) is 9.78 Å². The molecule has 1 amide bonds. The standard InChI is InChI=1S/C20H21N3O4S/c1-5-27-20(26)13-7-6-8-14(9-13)22-18(24)15-12(4)28-17-16(15)21-10-23(11(2)3)19(17)25/h6-11H,5H2,1-4H3,(H,22,24). The van der Waals surface area contributed by atoms with Gasteiger partial charge in [0.15, 0.2) is 0 Å². The van der Waals surface area contributed by atoms with Gasteiger partial charge in [0.2, 0.25) is 0 Å². The van der Waals surface area contributed by atoms with Crippen molar-refractivity contribution in [1.29, 1.82) is 0 Å². The van der Waals surface area contributed by atoms with Gasteiger partial charge in [-0.1, -0.05) is 6.07 Å². The Morgan fingerprint density at radius 2 is 2.07 bits per heavy atom. The van der Waals surface area contributed by atoms with Crippen LogP contribution in [0.25, 0.3) is 10.2 Å². The molecule has 0 radical (unpaired) electrons. The van der Waals surface area contributed by atoms with Crippen LogP contribution < -0.4 is 10.9 Å². The molecule has 3 aromatic rings. The van der Waals surface area contributed by atoms with Crippen LogP contribution in [0, 0.1) is 6.92 Å². The number of carbonyl (C=O) groups excluding carboxylic acids is 2. The summed E-state index contributed by atoms with van der Waals surface area (Å²) in [5.41, 5.74) is 1.42. The molecule has 0 atom stereocenters. The highest BCUT2D eigenvalue weighted by Crippen LogP contribution is 2.28. The molecule has 1 N–H and O–H groups in total. The van der Waals surface area contributed by atoms with Crippen LogP contribution in [0.4, 0.5) is 5.69 Å². The van der Waals surface area contributed by atoms with Crippen LogP contribution in [-0.2, 0) is 4.74 Å². The van der Waals surface area contributed by atoms with Crippen LogP contribution in [0.2, 0.25) is 0 Å². The van der Waals surface area contributed by atoms with Gasteiger partial charge in [0, 0.05) is 16.6 Å². The number of benzene rings is 1. The van der Waals surface area contributed by atoms with Crippen LogP contribution in [-0.4, -0.2) is 28.0 Å². The Labute approximate surface area is 166 Å². The molecular weight excluding hydrogens is 378 g/mol. The number of rotatable bonds is 5. The van der Waals surface area contributed by atoms with Crippen molar-refractivity contribution in [2.45, 2.75) is 33.7 Å². The van der Waals surface area contributed by atoms with Crippen LogP contribution in [0.3, 0.4) is 0 Å². The first-order valence-corrected chi connectivity index (χ1v) is 9.73. The quantitative estimate of drug-likeness (QED) is 0.660. The molecule has 3 rings (SSSR count). The van der Waals surface area contributed by atoms with Gasteiger partial charge in [0.25, 0.3) is 11.5 Å². The summed E-state index contributed by atoms with van der Waals surface area (Å²) in [4.78, 5) is 42.5. The normalized spacial score (nSPS) is 11.0. The third-order valence-electron chi connectivity index (χ3n) is 4.21. The number of nitrogens with zero attached hydrogens (tertiary/aromatic N) is 2. The number of fused-ring (bicyclic) bond motifs is 1. The molecule has 0 spiro atoms. The van der Waals surface area contributed by atoms with Crippen molar-refractivity contribution in [3.8, 4) is 0 Å². The summed E-state index contributed by atoms with van der Waals surface area (Å²) in [6, 6.07) is 6.51. The number of ether oxygens (including phenoxy) is 1. The van der Waals surface area contributed by atoms with E-state index in [1.165, 1.54) is 17.7 Å². The fourth-order valence-corrected chi connectivity index (χ4v) is 3.90. The molecule has 0 bridgehead atoms. The lowest BCUT2D eigenvalue weighted by Crippen LogP contribution is -2.22. The number of esters is 1. The van der Waals surface area contributed by atoms with Crippen LogP contribution in [0.15, 0.2) is 35.4 Å². The number of anilines is 1. The molecule has 2 aromatic heterocycles. The average Bonchev–Trinajstić information content (AvgIpc) is 2.99. The van der Waals surface area contributed by atoms with Crippen LogP contribution >= 0.6 is 11.3 Å². The maximum absolute atomic E-state index is 12.9. The molecule has 8 heteroatoms.